The number of fused-ring (bicyclic) bond motifs is 2. The van der Waals surface area contributed by atoms with Gasteiger partial charge in [-0.15, -0.1) is 0 Å². The molecule has 0 saturated heterocycles. The first kappa shape index (κ1) is 13.0. The van der Waals surface area contributed by atoms with Crippen LogP contribution in [0.25, 0.3) is 0 Å². The van der Waals surface area contributed by atoms with Crippen molar-refractivity contribution in [2.75, 3.05) is 0 Å². The van der Waals surface area contributed by atoms with E-state index in [1.165, 1.54) is 41.6 Å². The molecule has 0 spiro atoms. The zero-order chi connectivity index (χ0) is 13.9. The quantitative estimate of drug-likeness (QED) is 0.809. The van der Waals surface area contributed by atoms with Crippen LogP contribution in [0.3, 0.4) is 0 Å². The fourth-order valence-corrected chi connectivity index (χ4v) is 5.18. The van der Waals surface area contributed by atoms with E-state index in [9.17, 15) is 4.79 Å². The minimum Gasteiger partial charge on any atom is -0.369 e. The number of amides is 1. The predicted molar refractivity (Wildman–Crippen MR) is 77.3 cm³/mol. The van der Waals surface area contributed by atoms with Gasteiger partial charge in [-0.05, 0) is 74.5 Å². The zero-order valence-electron chi connectivity index (χ0n) is 12.5. The number of nitrogens with two attached hydrogens (primary N) is 1. The summed E-state index contributed by atoms with van der Waals surface area (Å²) in [5.41, 5.74) is 11.1. The predicted octanol–water partition coefficient (Wildman–Crippen LogP) is 3.58. The van der Waals surface area contributed by atoms with Gasteiger partial charge in [0, 0.05) is 0 Å². The second kappa shape index (κ2) is 3.97. The van der Waals surface area contributed by atoms with Gasteiger partial charge < -0.3 is 5.73 Å². The summed E-state index contributed by atoms with van der Waals surface area (Å²) < 4.78 is 0. The van der Waals surface area contributed by atoms with Crippen molar-refractivity contribution in [1.82, 2.24) is 0 Å². The van der Waals surface area contributed by atoms with Crippen LogP contribution in [0.2, 0.25) is 0 Å². The smallest absolute Gasteiger partial charge is 0.228 e. The van der Waals surface area contributed by atoms with Crippen molar-refractivity contribution < 1.29 is 4.79 Å². The molecule has 19 heavy (non-hydrogen) atoms. The highest BCUT2D eigenvalue weighted by molar-refractivity contribution is 5.86. The van der Waals surface area contributed by atoms with Gasteiger partial charge in [0.15, 0.2) is 0 Å². The molecule has 3 rings (SSSR count). The summed E-state index contributed by atoms with van der Waals surface area (Å²) in [6, 6.07) is 0. The molecule has 0 heterocycles. The molecule has 2 heteroatoms. The second-order valence-electron chi connectivity index (χ2n) is 6.98. The molecule has 3 aliphatic carbocycles. The highest BCUT2D eigenvalue weighted by atomic mass is 16.1. The van der Waals surface area contributed by atoms with Gasteiger partial charge in [0.05, 0.1) is 5.41 Å². The Morgan fingerprint density at radius 1 is 1.21 bits per heavy atom. The van der Waals surface area contributed by atoms with Gasteiger partial charge in [0.2, 0.25) is 5.91 Å². The lowest BCUT2D eigenvalue weighted by atomic mass is 9.63. The first-order valence-corrected chi connectivity index (χ1v) is 7.58. The summed E-state index contributed by atoms with van der Waals surface area (Å²) in [7, 11) is 0. The SMILES string of the molecule is CC1=C(C)C(C)C(C2(C(N)=O)CC3CCC2C3)=C1C. The van der Waals surface area contributed by atoms with Crippen molar-refractivity contribution in [3.05, 3.63) is 22.3 Å². The Morgan fingerprint density at radius 3 is 2.26 bits per heavy atom. The van der Waals surface area contributed by atoms with E-state index in [1.807, 2.05) is 0 Å². The van der Waals surface area contributed by atoms with Crippen molar-refractivity contribution in [2.24, 2.45) is 28.9 Å². The highest BCUT2D eigenvalue weighted by Gasteiger charge is 2.58. The number of carbonyl (C=O) groups excluding carboxylic acids is 1. The Bertz CT molecular complexity index is 513. The van der Waals surface area contributed by atoms with Crippen molar-refractivity contribution in [1.29, 1.82) is 0 Å². The molecule has 2 fully saturated rings. The molecular weight excluding hydrogens is 234 g/mol. The monoisotopic (exact) mass is 259 g/mol. The summed E-state index contributed by atoms with van der Waals surface area (Å²) in [6.45, 7) is 8.84. The van der Waals surface area contributed by atoms with E-state index in [1.54, 1.807) is 0 Å². The summed E-state index contributed by atoms with van der Waals surface area (Å²) in [6.07, 6.45) is 4.70. The average molecular weight is 259 g/mol. The molecule has 0 radical (unpaired) electrons. The number of hydrogen-bond donors (Lipinski definition) is 1. The topological polar surface area (TPSA) is 43.1 Å². The standard InChI is InChI=1S/C17H25NO/c1-9-10(2)12(4)15(11(9)3)17(16(18)19)8-13-5-6-14(17)7-13/h11,13-14H,5-8H2,1-4H3,(H2,18,19). The maximum atomic E-state index is 12.4. The highest BCUT2D eigenvalue weighted by Crippen LogP contribution is 2.63. The summed E-state index contributed by atoms with van der Waals surface area (Å²) in [5, 5.41) is 0. The Labute approximate surface area is 116 Å². The van der Waals surface area contributed by atoms with Crippen LogP contribution in [-0.4, -0.2) is 5.91 Å². The number of primary amides is 1. The molecule has 2 nitrogen and oxygen atoms in total. The molecular formula is C17H25NO. The maximum absolute atomic E-state index is 12.4. The first-order valence-electron chi connectivity index (χ1n) is 7.58. The fraction of sp³-hybridized carbons (Fsp3) is 0.706. The van der Waals surface area contributed by atoms with Crippen LogP contribution in [-0.2, 0) is 4.79 Å². The second-order valence-corrected chi connectivity index (χ2v) is 6.98. The number of allylic oxidation sites excluding steroid dienone is 3. The van der Waals surface area contributed by atoms with Gasteiger partial charge in [-0.1, -0.05) is 18.9 Å². The van der Waals surface area contributed by atoms with E-state index in [-0.39, 0.29) is 11.3 Å². The van der Waals surface area contributed by atoms with E-state index in [2.05, 4.69) is 27.7 Å². The molecule has 4 unspecified atom stereocenters. The van der Waals surface area contributed by atoms with Crippen LogP contribution in [0, 0.1) is 23.2 Å². The molecule has 2 N–H and O–H groups in total. The third kappa shape index (κ3) is 1.46. The first-order chi connectivity index (χ1) is 8.89. The summed E-state index contributed by atoms with van der Waals surface area (Å²) >= 11 is 0. The minimum absolute atomic E-state index is 0.0663. The van der Waals surface area contributed by atoms with Crippen LogP contribution in [0.15, 0.2) is 22.3 Å². The molecule has 0 aromatic heterocycles. The third-order valence-electron chi connectivity index (χ3n) is 6.41. The van der Waals surface area contributed by atoms with Crippen molar-refractivity contribution >= 4 is 5.91 Å². The molecule has 2 saturated carbocycles. The van der Waals surface area contributed by atoms with E-state index in [4.69, 9.17) is 5.73 Å². The van der Waals surface area contributed by atoms with Gasteiger partial charge in [-0.25, -0.2) is 0 Å². The molecule has 0 aliphatic heterocycles. The van der Waals surface area contributed by atoms with Crippen molar-refractivity contribution in [3.63, 3.8) is 0 Å². The normalized spacial score (nSPS) is 41.6. The van der Waals surface area contributed by atoms with Gasteiger partial charge in [-0.3, -0.25) is 4.79 Å². The van der Waals surface area contributed by atoms with Gasteiger partial charge in [0.1, 0.15) is 0 Å². The Balaban J connectivity index is 2.12. The zero-order valence-corrected chi connectivity index (χ0v) is 12.5. The Kier molecular flexibility index (Phi) is 2.71. The maximum Gasteiger partial charge on any atom is 0.228 e. The lowest BCUT2D eigenvalue weighted by Gasteiger charge is -2.39. The van der Waals surface area contributed by atoms with Crippen LogP contribution < -0.4 is 5.73 Å². The van der Waals surface area contributed by atoms with E-state index in [0.29, 0.717) is 11.8 Å². The van der Waals surface area contributed by atoms with Gasteiger partial charge >= 0.3 is 0 Å². The molecule has 4 atom stereocenters. The fourth-order valence-electron chi connectivity index (χ4n) is 5.18. The molecule has 2 bridgehead atoms. The minimum atomic E-state index is -0.328. The molecule has 3 aliphatic rings. The number of rotatable bonds is 2. The molecule has 0 aromatic carbocycles. The lowest BCUT2D eigenvalue weighted by Crippen LogP contribution is -2.44. The largest absolute Gasteiger partial charge is 0.369 e. The third-order valence-corrected chi connectivity index (χ3v) is 6.41. The molecule has 104 valence electrons. The molecule has 1 amide bonds. The lowest BCUT2D eigenvalue weighted by molar-refractivity contribution is -0.128. The summed E-state index contributed by atoms with van der Waals surface area (Å²) in [5.74, 6) is 1.56. The molecule has 0 aromatic rings. The van der Waals surface area contributed by atoms with Crippen LogP contribution in [0.1, 0.15) is 53.4 Å². The van der Waals surface area contributed by atoms with Gasteiger partial charge in [0.25, 0.3) is 0 Å². The Hall–Kier alpha value is -1.05. The van der Waals surface area contributed by atoms with E-state index in [0.717, 1.165) is 12.3 Å². The number of hydrogen-bond acceptors (Lipinski definition) is 1. The van der Waals surface area contributed by atoms with Crippen LogP contribution in [0.4, 0.5) is 0 Å². The average Bonchev–Trinajstić information content (AvgIpc) is 3.01. The van der Waals surface area contributed by atoms with Crippen LogP contribution >= 0.6 is 0 Å². The summed E-state index contributed by atoms with van der Waals surface area (Å²) in [4.78, 5) is 12.4. The Morgan fingerprint density at radius 2 is 1.89 bits per heavy atom. The van der Waals surface area contributed by atoms with E-state index < -0.39 is 0 Å². The van der Waals surface area contributed by atoms with Crippen molar-refractivity contribution in [3.8, 4) is 0 Å². The van der Waals surface area contributed by atoms with Gasteiger partial charge in [-0.2, -0.15) is 0 Å². The number of carbonyl (C=O) groups is 1. The van der Waals surface area contributed by atoms with Crippen LogP contribution in [0.5, 0.6) is 0 Å². The van der Waals surface area contributed by atoms with Crippen molar-refractivity contribution in [2.45, 2.75) is 53.4 Å². The van der Waals surface area contributed by atoms with E-state index >= 15 is 0 Å².